The molecule has 0 saturated carbocycles. The third-order valence-electron chi connectivity index (χ3n) is 5.92. The molecule has 0 atom stereocenters. The number of ether oxygens (including phenoxy) is 1. The number of nitrogens with zero attached hydrogens (tertiary/aromatic N) is 1. The number of methoxy groups -OCH3 is 1. The summed E-state index contributed by atoms with van der Waals surface area (Å²) in [5, 5.41) is 7.79. The van der Waals surface area contributed by atoms with Crippen LogP contribution >= 0.6 is 11.6 Å². The van der Waals surface area contributed by atoms with Crippen LogP contribution in [0.3, 0.4) is 0 Å². The molecule has 0 unspecified atom stereocenters. The van der Waals surface area contributed by atoms with Crippen molar-refractivity contribution in [3.63, 3.8) is 0 Å². The normalized spacial score (nSPS) is 11.3. The Balaban J connectivity index is 1.32. The number of sulfonamides is 1. The molecule has 3 N–H and O–H groups in total. The van der Waals surface area contributed by atoms with Gasteiger partial charge in [0.05, 0.1) is 12.6 Å². The number of fused-ring (bicyclic) bond motifs is 1. The van der Waals surface area contributed by atoms with Gasteiger partial charge in [-0.15, -0.1) is 0 Å². The molecular formula is C28H29ClN4O4S. The summed E-state index contributed by atoms with van der Waals surface area (Å²) in [6.07, 6.45) is 2.92. The number of carbonyl (C=O) groups is 1. The van der Waals surface area contributed by atoms with Gasteiger partial charge < -0.3 is 15.4 Å². The van der Waals surface area contributed by atoms with Crippen LogP contribution in [0.1, 0.15) is 22.3 Å². The monoisotopic (exact) mass is 552 g/mol. The van der Waals surface area contributed by atoms with Gasteiger partial charge in [-0.05, 0) is 60.9 Å². The molecule has 3 aromatic carbocycles. The maximum absolute atomic E-state index is 13.0. The topological polar surface area (TPSA) is 109 Å². The van der Waals surface area contributed by atoms with Gasteiger partial charge in [-0.1, -0.05) is 41.9 Å². The van der Waals surface area contributed by atoms with E-state index in [-0.39, 0.29) is 28.7 Å². The van der Waals surface area contributed by atoms with E-state index in [0.29, 0.717) is 31.0 Å². The number of nitrogens with one attached hydrogen (secondary N) is 3. The fraction of sp³-hybridized carbons (Fsp3) is 0.214. The van der Waals surface area contributed by atoms with Crippen molar-refractivity contribution in [2.45, 2.75) is 17.7 Å². The van der Waals surface area contributed by atoms with E-state index in [1.807, 2.05) is 54.6 Å². The number of amides is 1. The predicted octanol–water partition coefficient (Wildman–Crippen LogP) is 4.65. The van der Waals surface area contributed by atoms with Gasteiger partial charge in [0.25, 0.3) is 5.91 Å². The smallest absolute Gasteiger partial charge is 0.251 e. The Hall–Kier alpha value is -3.66. The lowest BCUT2D eigenvalue weighted by Gasteiger charge is -2.13. The Kier molecular flexibility index (Phi) is 9.17. The minimum Gasteiger partial charge on any atom is -0.495 e. The Morgan fingerprint density at radius 1 is 0.974 bits per heavy atom. The third kappa shape index (κ3) is 7.00. The lowest BCUT2D eigenvalue weighted by Crippen LogP contribution is -2.28. The molecule has 0 aliphatic rings. The van der Waals surface area contributed by atoms with Crippen molar-refractivity contribution in [1.29, 1.82) is 0 Å². The number of rotatable bonds is 12. The molecule has 0 radical (unpaired) electrons. The second kappa shape index (κ2) is 12.7. The van der Waals surface area contributed by atoms with Crippen molar-refractivity contribution in [2.75, 3.05) is 32.1 Å². The van der Waals surface area contributed by atoms with Crippen molar-refractivity contribution in [3.8, 4) is 5.75 Å². The van der Waals surface area contributed by atoms with Crippen LogP contribution in [0.2, 0.25) is 5.02 Å². The molecule has 1 aromatic heterocycles. The van der Waals surface area contributed by atoms with Crippen molar-refractivity contribution < 1.29 is 17.9 Å². The average molecular weight is 553 g/mol. The number of hydrogen-bond acceptors (Lipinski definition) is 6. The van der Waals surface area contributed by atoms with Crippen LogP contribution in [0.4, 0.5) is 5.69 Å². The zero-order valence-corrected chi connectivity index (χ0v) is 22.5. The van der Waals surface area contributed by atoms with Gasteiger partial charge >= 0.3 is 0 Å². The van der Waals surface area contributed by atoms with Gasteiger partial charge in [-0.25, -0.2) is 13.1 Å². The SMILES string of the molecule is COc1ccc(C(=O)NCCCNc2ccnc3cc(Cl)ccc23)cc1S(=O)(=O)NCCc1ccccc1. The third-order valence-corrected chi connectivity index (χ3v) is 7.64. The van der Waals surface area contributed by atoms with Gasteiger partial charge in [-0.2, -0.15) is 0 Å². The van der Waals surface area contributed by atoms with Crippen LogP contribution in [0.25, 0.3) is 10.9 Å². The number of anilines is 1. The molecular weight excluding hydrogens is 524 g/mol. The van der Waals surface area contributed by atoms with Crippen LogP contribution in [-0.4, -0.2) is 46.1 Å². The molecule has 0 fully saturated rings. The summed E-state index contributed by atoms with van der Waals surface area (Å²) < 4.78 is 33.8. The van der Waals surface area contributed by atoms with Crippen molar-refractivity contribution in [1.82, 2.24) is 15.0 Å². The van der Waals surface area contributed by atoms with Crippen LogP contribution in [0.5, 0.6) is 5.75 Å². The number of halogens is 1. The summed E-state index contributed by atoms with van der Waals surface area (Å²) in [6.45, 7) is 1.25. The highest BCUT2D eigenvalue weighted by molar-refractivity contribution is 7.89. The van der Waals surface area contributed by atoms with Crippen LogP contribution in [0.15, 0.2) is 83.9 Å². The summed E-state index contributed by atoms with van der Waals surface area (Å²) in [6, 6.07) is 21.4. The molecule has 0 spiro atoms. The number of carbonyl (C=O) groups excluding carboxylic acids is 1. The standard InChI is InChI=1S/C28H29ClN4O4S/c1-37-26-11-8-21(18-27(26)38(35,36)33-17-12-20-6-3-2-4-7-20)28(34)32-15-5-14-30-24-13-16-31-25-19-22(29)9-10-23(24)25/h2-4,6-11,13,16,18-19,33H,5,12,14-15,17H2,1H3,(H,30,31)(H,32,34). The largest absolute Gasteiger partial charge is 0.495 e. The van der Waals surface area contributed by atoms with Gasteiger partial charge in [0.2, 0.25) is 10.0 Å². The molecule has 10 heteroatoms. The van der Waals surface area contributed by atoms with Crippen molar-refractivity contribution in [3.05, 3.63) is 95.1 Å². The summed E-state index contributed by atoms with van der Waals surface area (Å²) in [5.41, 5.74) is 2.99. The highest BCUT2D eigenvalue weighted by Crippen LogP contribution is 2.26. The maximum Gasteiger partial charge on any atom is 0.251 e. The minimum atomic E-state index is -3.89. The summed E-state index contributed by atoms with van der Waals surface area (Å²) in [4.78, 5) is 17.0. The van der Waals surface area contributed by atoms with Crippen LogP contribution in [0, 0.1) is 0 Å². The first-order valence-corrected chi connectivity index (χ1v) is 14.0. The summed E-state index contributed by atoms with van der Waals surface area (Å²) >= 11 is 6.05. The Morgan fingerprint density at radius 2 is 1.79 bits per heavy atom. The van der Waals surface area contributed by atoms with Gasteiger partial charge in [0.15, 0.2) is 0 Å². The van der Waals surface area contributed by atoms with E-state index in [2.05, 4.69) is 20.3 Å². The molecule has 1 amide bonds. The van der Waals surface area contributed by atoms with Gasteiger partial charge in [-0.3, -0.25) is 9.78 Å². The van der Waals surface area contributed by atoms with Gasteiger partial charge in [0.1, 0.15) is 10.6 Å². The predicted molar refractivity (Wildman–Crippen MR) is 151 cm³/mol. The first-order valence-electron chi connectivity index (χ1n) is 12.2. The molecule has 1 heterocycles. The van der Waals surface area contributed by atoms with E-state index >= 15 is 0 Å². The Morgan fingerprint density at radius 3 is 2.58 bits per heavy atom. The molecule has 4 rings (SSSR count). The van der Waals surface area contributed by atoms with Crippen LogP contribution in [-0.2, 0) is 16.4 Å². The quantitative estimate of drug-likeness (QED) is 0.221. The van der Waals surface area contributed by atoms with E-state index in [0.717, 1.165) is 22.2 Å². The second-order valence-corrected chi connectivity index (χ2v) is 10.7. The lowest BCUT2D eigenvalue weighted by molar-refractivity contribution is 0.0953. The van der Waals surface area contributed by atoms with E-state index in [9.17, 15) is 13.2 Å². The molecule has 0 aliphatic carbocycles. The van der Waals surface area contributed by atoms with Crippen molar-refractivity contribution >= 4 is 44.1 Å². The van der Waals surface area contributed by atoms with Gasteiger partial charge in [0, 0.05) is 47.5 Å². The van der Waals surface area contributed by atoms with E-state index in [4.69, 9.17) is 16.3 Å². The fourth-order valence-electron chi connectivity index (χ4n) is 3.97. The van der Waals surface area contributed by atoms with E-state index in [1.54, 1.807) is 12.3 Å². The zero-order valence-electron chi connectivity index (χ0n) is 20.9. The summed E-state index contributed by atoms with van der Waals surface area (Å²) in [7, 11) is -2.49. The molecule has 4 aromatic rings. The highest BCUT2D eigenvalue weighted by atomic mass is 35.5. The molecule has 0 bridgehead atoms. The van der Waals surface area contributed by atoms with Crippen LogP contribution < -0.4 is 20.1 Å². The summed E-state index contributed by atoms with van der Waals surface area (Å²) in [5.74, 6) is -0.193. The highest BCUT2D eigenvalue weighted by Gasteiger charge is 2.21. The van der Waals surface area contributed by atoms with Crippen molar-refractivity contribution in [2.24, 2.45) is 0 Å². The first kappa shape index (κ1) is 27.4. The Bertz CT molecular complexity index is 1510. The zero-order chi connectivity index (χ0) is 27.0. The number of hydrogen-bond donors (Lipinski definition) is 3. The lowest BCUT2D eigenvalue weighted by atomic mass is 10.2. The Labute approximate surface area is 227 Å². The van der Waals surface area contributed by atoms with E-state index in [1.165, 1.54) is 19.2 Å². The minimum absolute atomic E-state index is 0.0768. The number of benzene rings is 3. The van der Waals surface area contributed by atoms with E-state index < -0.39 is 10.0 Å². The fourth-order valence-corrected chi connectivity index (χ4v) is 5.36. The second-order valence-electron chi connectivity index (χ2n) is 8.56. The average Bonchev–Trinajstić information content (AvgIpc) is 2.92. The molecule has 198 valence electrons. The number of aromatic nitrogens is 1. The molecule has 38 heavy (non-hydrogen) atoms. The molecule has 0 aliphatic heterocycles. The number of pyridine rings is 1. The maximum atomic E-state index is 13.0. The first-order chi connectivity index (χ1) is 18.4. The molecule has 8 nitrogen and oxygen atoms in total. The molecule has 0 saturated heterocycles.